The summed E-state index contributed by atoms with van der Waals surface area (Å²) < 4.78 is 1.86. The van der Waals surface area contributed by atoms with Crippen molar-refractivity contribution in [2.45, 2.75) is 46.6 Å². The molecule has 0 atom stereocenters. The molecule has 4 heteroatoms. The number of rotatable bonds is 4. The molecular formula is C23H27N3O. The third-order valence-electron chi connectivity index (χ3n) is 4.68. The fraction of sp³-hybridized carbons (Fsp3) is 0.304. The molecule has 0 unspecified atom stereocenters. The molecule has 1 heterocycles. The minimum Gasteiger partial charge on any atom is -0.321 e. The molecule has 0 bridgehead atoms. The fourth-order valence-corrected chi connectivity index (χ4v) is 2.90. The van der Waals surface area contributed by atoms with E-state index in [1.807, 2.05) is 29.8 Å². The molecule has 0 radical (unpaired) electrons. The van der Waals surface area contributed by atoms with Crippen LogP contribution >= 0.6 is 0 Å². The standard InChI is InChI=1S/C23H27N3O/c1-16-6-8-18(9-7-16)15-26-17(2)14-21(25-26)22(27)24-20-12-10-19(11-13-20)23(3,4)5/h6-14H,15H2,1-5H3,(H,24,27). The first kappa shape index (κ1) is 18.9. The van der Waals surface area contributed by atoms with Gasteiger partial charge in [-0.1, -0.05) is 62.7 Å². The van der Waals surface area contributed by atoms with Crippen LogP contribution in [0.15, 0.2) is 54.6 Å². The summed E-state index contributed by atoms with van der Waals surface area (Å²) >= 11 is 0. The molecule has 0 saturated carbocycles. The molecule has 0 aliphatic carbocycles. The second-order valence-corrected chi connectivity index (χ2v) is 8.10. The molecule has 0 saturated heterocycles. The lowest BCUT2D eigenvalue weighted by molar-refractivity contribution is 0.102. The average Bonchev–Trinajstić information content (AvgIpc) is 2.97. The molecule has 4 nitrogen and oxygen atoms in total. The molecule has 2 aromatic carbocycles. The Morgan fingerprint density at radius 2 is 1.63 bits per heavy atom. The summed E-state index contributed by atoms with van der Waals surface area (Å²) in [5.74, 6) is -0.190. The van der Waals surface area contributed by atoms with Crippen LogP contribution in [-0.4, -0.2) is 15.7 Å². The van der Waals surface area contributed by atoms with E-state index in [4.69, 9.17) is 0 Å². The summed E-state index contributed by atoms with van der Waals surface area (Å²) in [5, 5.41) is 7.42. The molecule has 1 N–H and O–H groups in total. The highest BCUT2D eigenvalue weighted by Gasteiger charge is 2.15. The van der Waals surface area contributed by atoms with Gasteiger partial charge in [0.2, 0.25) is 0 Å². The highest BCUT2D eigenvalue weighted by Crippen LogP contribution is 2.23. The monoisotopic (exact) mass is 361 g/mol. The highest BCUT2D eigenvalue weighted by atomic mass is 16.1. The summed E-state index contributed by atoms with van der Waals surface area (Å²) in [6.07, 6.45) is 0. The number of carbonyl (C=O) groups is 1. The molecule has 0 fully saturated rings. The topological polar surface area (TPSA) is 46.9 Å². The van der Waals surface area contributed by atoms with Crippen LogP contribution in [0.2, 0.25) is 0 Å². The van der Waals surface area contributed by atoms with Gasteiger partial charge in [-0.3, -0.25) is 9.48 Å². The molecule has 3 rings (SSSR count). The Morgan fingerprint density at radius 1 is 1.00 bits per heavy atom. The van der Waals surface area contributed by atoms with E-state index in [0.717, 1.165) is 16.9 Å². The predicted molar refractivity (Wildman–Crippen MR) is 110 cm³/mol. The maximum absolute atomic E-state index is 12.6. The Hall–Kier alpha value is -2.88. The van der Waals surface area contributed by atoms with Gasteiger partial charge in [0.15, 0.2) is 5.69 Å². The first-order valence-electron chi connectivity index (χ1n) is 9.24. The molecule has 0 spiro atoms. The first-order valence-corrected chi connectivity index (χ1v) is 9.24. The molecule has 1 amide bonds. The molecule has 0 aliphatic rings. The van der Waals surface area contributed by atoms with Crippen molar-refractivity contribution in [2.75, 3.05) is 5.32 Å². The van der Waals surface area contributed by atoms with Crippen molar-refractivity contribution in [1.29, 1.82) is 0 Å². The largest absolute Gasteiger partial charge is 0.321 e. The Kier molecular flexibility index (Phi) is 5.17. The Morgan fingerprint density at radius 3 is 2.22 bits per heavy atom. The smallest absolute Gasteiger partial charge is 0.276 e. The predicted octanol–water partition coefficient (Wildman–Crippen LogP) is 5.10. The summed E-state index contributed by atoms with van der Waals surface area (Å²) in [4.78, 5) is 12.6. The minimum atomic E-state index is -0.190. The normalized spacial score (nSPS) is 11.4. The minimum absolute atomic E-state index is 0.0917. The average molecular weight is 361 g/mol. The number of aryl methyl sites for hydroxylation is 2. The van der Waals surface area contributed by atoms with Crippen LogP contribution in [0.1, 0.15) is 53.6 Å². The lowest BCUT2D eigenvalue weighted by atomic mass is 9.87. The zero-order valence-electron chi connectivity index (χ0n) is 16.7. The molecule has 27 heavy (non-hydrogen) atoms. The van der Waals surface area contributed by atoms with Gasteiger partial charge in [0, 0.05) is 11.4 Å². The maximum atomic E-state index is 12.6. The van der Waals surface area contributed by atoms with E-state index < -0.39 is 0 Å². The summed E-state index contributed by atoms with van der Waals surface area (Å²) in [6, 6.07) is 18.2. The Balaban J connectivity index is 1.71. The quantitative estimate of drug-likeness (QED) is 0.703. The number of amides is 1. The van der Waals surface area contributed by atoms with Crippen LogP contribution in [0.3, 0.4) is 0 Å². The van der Waals surface area contributed by atoms with Gasteiger partial charge in [-0.25, -0.2) is 0 Å². The van der Waals surface area contributed by atoms with Crippen LogP contribution in [0.5, 0.6) is 0 Å². The number of nitrogens with one attached hydrogen (secondary N) is 1. The zero-order valence-corrected chi connectivity index (χ0v) is 16.7. The second kappa shape index (κ2) is 7.39. The molecular weight excluding hydrogens is 334 g/mol. The maximum Gasteiger partial charge on any atom is 0.276 e. The van der Waals surface area contributed by atoms with Crippen molar-refractivity contribution in [3.05, 3.63) is 82.7 Å². The lowest BCUT2D eigenvalue weighted by Gasteiger charge is -2.19. The molecule has 1 aromatic heterocycles. The van der Waals surface area contributed by atoms with Gasteiger partial charge in [0.25, 0.3) is 5.91 Å². The van der Waals surface area contributed by atoms with Gasteiger partial charge in [-0.05, 0) is 48.6 Å². The van der Waals surface area contributed by atoms with Crippen LogP contribution in [-0.2, 0) is 12.0 Å². The number of carbonyl (C=O) groups excluding carboxylic acids is 1. The summed E-state index contributed by atoms with van der Waals surface area (Å²) in [7, 11) is 0. The lowest BCUT2D eigenvalue weighted by Crippen LogP contribution is -2.14. The van der Waals surface area contributed by atoms with E-state index in [1.165, 1.54) is 11.1 Å². The molecule has 0 aliphatic heterocycles. The van der Waals surface area contributed by atoms with E-state index >= 15 is 0 Å². The number of benzene rings is 2. The Bertz CT molecular complexity index is 929. The van der Waals surface area contributed by atoms with Crippen LogP contribution in [0.4, 0.5) is 5.69 Å². The number of hydrogen-bond acceptors (Lipinski definition) is 2. The Labute approximate surface area is 161 Å². The van der Waals surface area contributed by atoms with Crippen molar-refractivity contribution in [1.82, 2.24) is 9.78 Å². The van der Waals surface area contributed by atoms with Crippen LogP contribution in [0, 0.1) is 13.8 Å². The van der Waals surface area contributed by atoms with Crippen LogP contribution < -0.4 is 5.32 Å². The van der Waals surface area contributed by atoms with Crippen molar-refractivity contribution in [3.63, 3.8) is 0 Å². The second-order valence-electron chi connectivity index (χ2n) is 8.10. The number of anilines is 1. The van der Waals surface area contributed by atoms with Crippen molar-refractivity contribution < 1.29 is 4.79 Å². The first-order chi connectivity index (χ1) is 12.7. The van der Waals surface area contributed by atoms with Crippen molar-refractivity contribution in [3.8, 4) is 0 Å². The van der Waals surface area contributed by atoms with Crippen LogP contribution in [0.25, 0.3) is 0 Å². The van der Waals surface area contributed by atoms with Crippen molar-refractivity contribution in [2.24, 2.45) is 0 Å². The van der Waals surface area contributed by atoms with Gasteiger partial charge in [-0.2, -0.15) is 5.10 Å². The highest BCUT2D eigenvalue weighted by molar-refractivity contribution is 6.02. The van der Waals surface area contributed by atoms with Gasteiger partial charge in [0.1, 0.15) is 0 Å². The summed E-state index contributed by atoms with van der Waals surface area (Å²) in [5.41, 5.74) is 5.89. The van der Waals surface area contributed by atoms with E-state index in [9.17, 15) is 4.79 Å². The third-order valence-corrected chi connectivity index (χ3v) is 4.68. The van der Waals surface area contributed by atoms with E-state index in [-0.39, 0.29) is 11.3 Å². The SMILES string of the molecule is Cc1ccc(Cn2nc(C(=O)Nc3ccc(C(C)(C)C)cc3)cc2C)cc1. The number of aromatic nitrogens is 2. The summed E-state index contributed by atoms with van der Waals surface area (Å²) in [6.45, 7) is 11.2. The van der Waals surface area contributed by atoms with Crippen molar-refractivity contribution >= 4 is 11.6 Å². The number of nitrogens with zero attached hydrogens (tertiary/aromatic N) is 2. The van der Waals surface area contributed by atoms with Gasteiger partial charge in [-0.15, -0.1) is 0 Å². The third kappa shape index (κ3) is 4.64. The van der Waals surface area contributed by atoms with Gasteiger partial charge in [0.05, 0.1) is 6.54 Å². The van der Waals surface area contributed by atoms with E-state index in [1.54, 1.807) is 0 Å². The van der Waals surface area contributed by atoms with Gasteiger partial charge < -0.3 is 5.32 Å². The zero-order chi connectivity index (χ0) is 19.6. The van der Waals surface area contributed by atoms with E-state index in [0.29, 0.717) is 12.2 Å². The van der Waals surface area contributed by atoms with Gasteiger partial charge >= 0.3 is 0 Å². The van der Waals surface area contributed by atoms with E-state index in [2.05, 4.69) is 74.5 Å². The molecule has 3 aromatic rings. The fourth-order valence-electron chi connectivity index (χ4n) is 2.90. The molecule has 140 valence electrons. The number of hydrogen-bond donors (Lipinski definition) is 1.